The standard InChI is InChI=1S/C45H52N8O16/c1-28(2)40(50-37(54)8-4-3-5-24-51-38(55)21-22-39(51)56)42(58)49-36(7-6-23-47-43(46)59)41(57)48-31-11-9-29(10-12-31)25-30(26-66-44(60)68-34-17-13-32(14-18-34)52(62)63)27-67-45(61)69-35-19-15-33(16-20-35)53(64)65/h9,11-22,25,28-29,36,40H,3-8,10,23-24,26-27H2,1-2H3,(H,48,57)(H,49,58)(H,50,54)(H3,46,47,59)/t29?,36-,40-/m0/s1. The van der Waals surface area contributed by atoms with E-state index in [0.29, 0.717) is 25.0 Å². The molecule has 1 heterocycles. The Labute approximate surface area is 394 Å². The Bertz CT molecular complexity index is 2270. The fraction of sp³-hybridized carbons (Fsp3) is 0.378. The maximum absolute atomic E-state index is 13.7. The van der Waals surface area contributed by atoms with Crippen molar-refractivity contribution in [3.05, 3.63) is 116 Å². The maximum atomic E-state index is 13.7. The molecular weight excluding hydrogens is 909 g/mol. The molecule has 2 aromatic carbocycles. The fourth-order valence-corrected chi connectivity index (χ4v) is 6.56. The molecule has 69 heavy (non-hydrogen) atoms. The Kier molecular flexibility index (Phi) is 20.5. The third kappa shape index (κ3) is 18.4. The first kappa shape index (κ1) is 53.2. The van der Waals surface area contributed by atoms with Gasteiger partial charge in [0, 0.05) is 67.2 Å². The van der Waals surface area contributed by atoms with Crippen molar-refractivity contribution in [1.82, 2.24) is 26.2 Å². The van der Waals surface area contributed by atoms with Crippen molar-refractivity contribution in [3.8, 4) is 11.5 Å². The largest absolute Gasteiger partial charge is 0.514 e. The average Bonchev–Trinajstić information content (AvgIpc) is 3.63. The second-order valence-corrected chi connectivity index (χ2v) is 15.8. The van der Waals surface area contributed by atoms with Crippen LogP contribution in [-0.4, -0.2) is 101 Å². The van der Waals surface area contributed by atoms with E-state index in [4.69, 9.17) is 24.7 Å². The average molecular weight is 961 g/mol. The maximum Gasteiger partial charge on any atom is 0.514 e. The van der Waals surface area contributed by atoms with Gasteiger partial charge in [-0.15, -0.1) is 0 Å². The number of unbranched alkanes of at least 4 members (excludes halogenated alkanes) is 2. The van der Waals surface area contributed by atoms with Crippen molar-refractivity contribution < 1.29 is 67.2 Å². The van der Waals surface area contributed by atoms with Gasteiger partial charge < -0.3 is 45.9 Å². The van der Waals surface area contributed by atoms with Gasteiger partial charge in [-0.2, -0.15) is 0 Å². The van der Waals surface area contributed by atoms with Crippen LogP contribution in [0.15, 0.2) is 96.3 Å². The lowest BCUT2D eigenvalue weighted by atomic mass is 9.96. The number of allylic oxidation sites excluding steroid dienone is 4. The molecule has 0 radical (unpaired) electrons. The molecule has 24 heteroatoms. The molecule has 4 rings (SSSR count). The second kappa shape index (κ2) is 26.6. The highest BCUT2D eigenvalue weighted by molar-refractivity contribution is 6.12. The number of nitro benzene ring substituents is 2. The summed E-state index contributed by atoms with van der Waals surface area (Å²) >= 11 is 0. The van der Waals surface area contributed by atoms with Gasteiger partial charge >= 0.3 is 18.3 Å². The summed E-state index contributed by atoms with van der Waals surface area (Å²) in [5.74, 6) is -3.28. The molecule has 0 bridgehead atoms. The molecule has 6 N–H and O–H groups in total. The summed E-state index contributed by atoms with van der Waals surface area (Å²) in [7, 11) is 0. The summed E-state index contributed by atoms with van der Waals surface area (Å²) in [5, 5.41) is 32.6. The van der Waals surface area contributed by atoms with E-state index in [9.17, 15) is 58.6 Å². The molecule has 1 aliphatic heterocycles. The Morgan fingerprint density at radius 1 is 0.783 bits per heavy atom. The van der Waals surface area contributed by atoms with Crippen molar-refractivity contribution in [2.24, 2.45) is 17.6 Å². The highest BCUT2D eigenvalue weighted by atomic mass is 16.7. The molecule has 0 saturated carbocycles. The third-order valence-electron chi connectivity index (χ3n) is 10.2. The number of nitrogens with two attached hydrogens (primary N) is 1. The van der Waals surface area contributed by atoms with Crippen molar-refractivity contribution in [3.63, 3.8) is 0 Å². The predicted molar refractivity (Wildman–Crippen MR) is 242 cm³/mol. The Morgan fingerprint density at radius 3 is 1.84 bits per heavy atom. The SMILES string of the molecule is CC(C)[C@H](NC(=O)CCCCCN1C(=O)C=CC1=O)C(=O)N[C@@H](CCCNC(N)=O)C(=O)NC1=CCC(C=C(COC(=O)Oc2ccc([N+](=O)[O-])cc2)COC(=O)Oc2ccc([N+](=O)[O-])cc2)C=C1. The van der Waals surface area contributed by atoms with E-state index < -0.39 is 77.1 Å². The van der Waals surface area contributed by atoms with Crippen LogP contribution in [0.3, 0.4) is 0 Å². The third-order valence-corrected chi connectivity index (χ3v) is 10.2. The van der Waals surface area contributed by atoms with Crippen molar-refractivity contribution in [2.45, 2.75) is 70.9 Å². The number of rotatable bonds is 25. The summed E-state index contributed by atoms with van der Waals surface area (Å²) in [4.78, 5) is 122. The number of urea groups is 1. The first-order chi connectivity index (χ1) is 32.9. The zero-order valence-electron chi connectivity index (χ0n) is 37.6. The number of ether oxygens (including phenoxy) is 4. The predicted octanol–water partition coefficient (Wildman–Crippen LogP) is 4.30. The normalized spacial score (nSPS) is 14.7. The number of nitrogens with one attached hydrogen (secondary N) is 4. The summed E-state index contributed by atoms with van der Waals surface area (Å²) in [5.41, 5.74) is 5.32. The minimum absolute atomic E-state index is 0.0454. The van der Waals surface area contributed by atoms with Crippen molar-refractivity contribution in [2.75, 3.05) is 26.3 Å². The molecule has 1 unspecified atom stereocenters. The van der Waals surface area contributed by atoms with Crippen LogP contribution in [0.25, 0.3) is 0 Å². The summed E-state index contributed by atoms with van der Waals surface area (Å²) in [6, 6.07) is 6.38. The van der Waals surface area contributed by atoms with E-state index in [1.165, 1.54) is 36.4 Å². The number of amides is 7. The van der Waals surface area contributed by atoms with Crippen LogP contribution in [-0.2, 0) is 33.4 Å². The smallest absolute Gasteiger partial charge is 0.429 e. The van der Waals surface area contributed by atoms with Gasteiger partial charge in [0.25, 0.3) is 23.2 Å². The van der Waals surface area contributed by atoms with Gasteiger partial charge in [0.15, 0.2) is 0 Å². The van der Waals surface area contributed by atoms with E-state index in [2.05, 4.69) is 21.3 Å². The molecular formula is C45H52N8O16. The van der Waals surface area contributed by atoms with Crippen LogP contribution in [0, 0.1) is 32.1 Å². The number of benzene rings is 2. The second-order valence-electron chi connectivity index (χ2n) is 15.8. The van der Waals surface area contributed by atoms with Gasteiger partial charge in [0.1, 0.15) is 36.8 Å². The van der Waals surface area contributed by atoms with E-state index in [0.717, 1.165) is 29.2 Å². The van der Waals surface area contributed by atoms with Gasteiger partial charge in [0.2, 0.25) is 17.7 Å². The van der Waals surface area contributed by atoms with Crippen LogP contribution < -0.4 is 36.5 Å². The highest BCUT2D eigenvalue weighted by Gasteiger charge is 2.29. The molecule has 0 fully saturated rings. The van der Waals surface area contributed by atoms with Crippen LogP contribution >= 0.6 is 0 Å². The molecule has 0 saturated heterocycles. The number of carbonyl (C=O) groups excluding carboxylic acids is 8. The fourth-order valence-electron chi connectivity index (χ4n) is 6.56. The number of hydrogen-bond acceptors (Lipinski definition) is 16. The topological polar surface area (TPSA) is 337 Å². The monoisotopic (exact) mass is 960 g/mol. The number of primary amides is 1. The zero-order chi connectivity index (χ0) is 50.5. The molecule has 24 nitrogen and oxygen atoms in total. The van der Waals surface area contributed by atoms with Gasteiger partial charge in [-0.25, -0.2) is 14.4 Å². The quantitative estimate of drug-likeness (QED) is 0.0176. The van der Waals surface area contributed by atoms with Crippen molar-refractivity contribution in [1.29, 1.82) is 0 Å². The summed E-state index contributed by atoms with van der Waals surface area (Å²) in [6.07, 6.45) is 8.73. The molecule has 0 aromatic heterocycles. The van der Waals surface area contributed by atoms with E-state index in [1.54, 1.807) is 38.2 Å². The minimum Gasteiger partial charge on any atom is -0.429 e. The molecule has 2 aliphatic rings. The van der Waals surface area contributed by atoms with Gasteiger partial charge in [-0.1, -0.05) is 38.5 Å². The first-order valence-corrected chi connectivity index (χ1v) is 21.6. The molecule has 1 aliphatic carbocycles. The van der Waals surface area contributed by atoms with Crippen LogP contribution in [0.2, 0.25) is 0 Å². The number of nitro groups is 2. The lowest BCUT2D eigenvalue weighted by Crippen LogP contribution is -2.55. The number of nitrogens with zero attached hydrogens (tertiary/aromatic N) is 3. The van der Waals surface area contributed by atoms with Crippen LogP contribution in [0.5, 0.6) is 11.5 Å². The highest BCUT2D eigenvalue weighted by Crippen LogP contribution is 2.22. The Morgan fingerprint density at radius 2 is 1.35 bits per heavy atom. The van der Waals surface area contributed by atoms with E-state index in [-0.39, 0.29) is 85.0 Å². The summed E-state index contributed by atoms with van der Waals surface area (Å²) < 4.78 is 20.7. The minimum atomic E-state index is -1.18. The number of carbonyl (C=O) groups is 8. The van der Waals surface area contributed by atoms with Crippen molar-refractivity contribution >= 4 is 59.3 Å². The van der Waals surface area contributed by atoms with Crippen LogP contribution in [0.1, 0.15) is 58.8 Å². The Hall–Kier alpha value is -8.44. The number of non-ortho nitro benzene ring substituents is 2. The van der Waals surface area contributed by atoms with E-state index >= 15 is 0 Å². The van der Waals surface area contributed by atoms with E-state index in [1.807, 2.05) is 0 Å². The van der Waals surface area contributed by atoms with Crippen LogP contribution in [0.4, 0.5) is 25.8 Å². The van der Waals surface area contributed by atoms with Gasteiger partial charge in [-0.05, 0) is 74.3 Å². The number of imide groups is 1. The molecule has 2 aromatic rings. The lowest BCUT2D eigenvalue weighted by molar-refractivity contribution is -0.385. The summed E-state index contributed by atoms with van der Waals surface area (Å²) in [6.45, 7) is 2.86. The van der Waals surface area contributed by atoms with Gasteiger partial charge in [-0.3, -0.25) is 49.1 Å². The first-order valence-electron chi connectivity index (χ1n) is 21.6. The lowest BCUT2D eigenvalue weighted by Gasteiger charge is -2.26. The number of hydrogen-bond donors (Lipinski definition) is 5. The Balaban J connectivity index is 1.37. The molecule has 3 atom stereocenters. The molecule has 0 spiro atoms. The zero-order valence-corrected chi connectivity index (χ0v) is 37.6. The molecule has 7 amide bonds. The van der Waals surface area contributed by atoms with Gasteiger partial charge in [0.05, 0.1) is 9.85 Å². The molecule has 368 valence electrons.